The lowest BCUT2D eigenvalue weighted by atomic mass is 10.1. The fourth-order valence-electron chi connectivity index (χ4n) is 2.09. The maximum Gasteiger partial charge on any atom is 0.234 e. The Morgan fingerprint density at radius 2 is 1.83 bits per heavy atom. The van der Waals surface area contributed by atoms with Crippen LogP contribution in [0.3, 0.4) is 0 Å². The third-order valence-corrected chi connectivity index (χ3v) is 4.58. The Balaban J connectivity index is 1.83. The highest BCUT2D eigenvalue weighted by Gasteiger charge is 2.10. The number of amides is 1. The Morgan fingerprint density at radius 3 is 2.50 bits per heavy atom. The van der Waals surface area contributed by atoms with E-state index in [1.807, 2.05) is 6.92 Å². The molecule has 24 heavy (non-hydrogen) atoms. The number of benzene rings is 2. The van der Waals surface area contributed by atoms with E-state index in [1.165, 1.54) is 30.0 Å². The molecule has 0 unspecified atom stereocenters. The molecule has 0 radical (unpaired) electrons. The number of thioether (sulfide) groups is 1. The average Bonchev–Trinajstić information content (AvgIpc) is 2.52. The molecule has 0 saturated heterocycles. The molecule has 0 spiro atoms. The largest absolute Gasteiger partial charge is 0.325 e. The first-order chi connectivity index (χ1) is 11.4. The second-order valence-corrected chi connectivity index (χ2v) is 6.81. The van der Waals surface area contributed by atoms with Crippen LogP contribution < -0.4 is 5.32 Å². The van der Waals surface area contributed by atoms with E-state index in [0.29, 0.717) is 21.8 Å². The van der Waals surface area contributed by atoms with Gasteiger partial charge in [-0.15, -0.1) is 11.8 Å². The van der Waals surface area contributed by atoms with Gasteiger partial charge in [0.2, 0.25) is 5.91 Å². The highest BCUT2D eigenvalue weighted by Crippen LogP contribution is 2.20. The van der Waals surface area contributed by atoms with E-state index < -0.39 is 0 Å². The van der Waals surface area contributed by atoms with Gasteiger partial charge in [-0.3, -0.25) is 9.59 Å². The predicted octanol–water partition coefficient (Wildman–Crippen LogP) is 4.65. The van der Waals surface area contributed by atoms with Gasteiger partial charge < -0.3 is 5.32 Å². The molecule has 0 fully saturated rings. The van der Waals surface area contributed by atoms with E-state index in [2.05, 4.69) is 5.32 Å². The van der Waals surface area contributed by atoms with Crippen LogP contribution in [-0.4, -0.2) is 23.2 Å². The number of aryl methyl sites for hydroxylation is 2. The van der Waals surface area contributed by atoms with Crippen LogP contribution in [0.2, 0.25) is 5.02 Å². The maximum absolute atomic E-state index is 13.2. The molecular formula is C18H17ClFNO2S. The summed E-state index contributed by atoms with van der Waals surface area (Å²) in [6, 6.07) is 9.48. The number of Topliss-reactive ketones (excluding diaryl/α,β-unsaturated/α-hetero) is 1. The fraction of sp³-hybridized carbons (Fsp3) is 0.222. The van der Waals surface area contributed by atoms with E-state index in [9.17, 15) is 14.0 Å². The summed E-state index contributed by atoms with van der Waals surface area (Å²) in [7, 11) is 0. The van der Waals surface area contributed by atoms with Crippen LogP contribution in [0.5, 0.6) is 0 Å². The summed E-state index contributed by atoms with van der Waals surface area (Å²) in [6.07, 6.45) is 0. The van der Waals surface area contributed by atoms with Crippen LogP contribution in [0.25, 0.3) is 0 Å². The quantitative estimate of drug-likeness (QED) is 0.758. The molecule has 0 bridgehead atoms. The van der Waals surface area contributed by atoms with E-state index in [0.717, 1.165) is 5.56 Å². The number of hydrogen-bond acceptors (Lipinski definition) is 3. The Morgan fingerprint density at radius 1 is 1.08 bits per heavy atom. The molecule has 2 aromatic rings. The first kappa shape index (κ1) is 18.5. The summed E-state index contributed by atoms with van der Waals surface area (Å²) in [5, 5.41) is 3.40. The molecule has 0 aliphatic heterocycles. The SMILES string of the molecule is Cc1cc(C(=O)CSCC(=O)Nc2ccc(Cl)cc2C)ccc1F. The van der Waals surface area contributed by atoms with Crippen molar-refractivity contribution in [3.8, 4) is 0 Å². The van der Waals surface area contributed by atoms with Crippen LogP contribution in [0.4, 0.5) is 10.1 Å². The Kier molecular flexibility index (Phi) is 6.40. The topological polar surface area (TPSA) is 46.2 Å². The van der Waals surface area contributed by atoms with Crippen LogP contribution >= 0.6 is 23.4 Å². The lowest BCUT2D eigenvalue weighted by molar-refractivity contribution is -0.113. The van der Waals surface area contributed by atoms with Crippen LogP contribution in [0, 0.1) is 19.7 Å². The molecule has 0 aliphatic rings. The zero-order valence-corrected chi connectivity index (χ0v) is 14.9. The van der Waals surface area contributed by atoms with Crippen LogP contribution in [0.1, 0.15) is 21.5 Å². The van der Waals surface area contributed by atoms with Crippen LogP contribution in [-0.2, 0) is 4.79 Å². The summed E-state index contributed by atoms with van der Waals surface area (Å²) in [5.41, 5.74) is 2.46. The minimum atomic E-state index is -0.336. The zero-order valence-electron chi connectivity index (χ0n) is 13.4. The van der Waals surface area contributed by atoms with Crippen molar-refractivity contribution in [2.24, 2.45) is 0 Å². The molecule has 3 nitrogen and oxygen atoms in total. The van der Waals surface area contributed by atoms with Crippen molar-refractivity contribution in [3.05, 3.63) is 63.9 Å². The molecule has 6 heteroatoms. The number of halogens is 2. The summed E-state index contributed by atoms with van der Waals surface area (Å²) < 4.78 is 13.2. The Labute approximate surface area is 149 Å². The van der Waals surface area contributed by atoms with Crippen LogP contribution in [0.15, 0.2) is 36.4 Å². The van der Waals surface area contributed by atoms with Gasteiger partial charge >= 0.3 is 0 Å². The molecule has 0 heterocycles. The van der Waals surface area contributed by atoms with Crippen molar-refractivity contribution in [1.82, 2.24) is 0 Å². The average molecular weight is 366 g/mol. The number of rotatable bonds is 6. The standard InChI is InChI=1S/C18H17ClFNO2S/c1-11-7-13(3-5-15(11)20)17(22)9-24-10-18(23)21-16-6-4-14(19)8-12(16)2/h3-8H,9-10H2,1-2H3,(H,21,23). The van der Waals surface area contributed by atoms with Crippen molar-refractivity contribution < 1.29 is 14.0 Å². The monoisotopic (exact) mass is 365 g/mol. The highest BCUT2D eigenvalue weighted by atomic mass is 35.5. The summed E-state index contributed by atoms with van der Waals surface area (Å²) in [6.45, 7) is 3.47. The molecule has 1 N–H and O–H groups in total. The molecule has 0 saturated carbocycles. The molecule has 126 valence electrons. The molecule has 0 aliphatic carbocycles. The zero-order chi connectivity index (χ0) is 17.7. The number of hydrogen-bond donors (Lipinski definition) is 1. The first-order valence-corrected chi connectivity index (χ1v) is 8.83. The summed E-state index contributed by atoms with van der Waals surface area (Å²) >= 11 is 7.09. The smallest absolute Gasteiger partial charge is 0.234 e. The minimum Gasteiger partial charge on any atom is -0.325 e. The number of carbonyl (C=O) groups is 2. The van der Waals surface area contributed by atoms with Gasteiger partial charge in [0.05, 0.1) is 11.5 Å². The molecule has 0 atom stereocenters. The summed E-state index contributed by atoms with van der Waals surface area (Å²) in [5.74, 6) is -0.324. The van der Waals surface area contributed by atoms with Gasteiger partial charge in [0.15, 0.2) is 5.78 Å². The van der Waals surface area contributed by atoms with E-state index in [1.54, 1.807) is 25.1 Å². The molecule has 0 aromatic heterocycles. The van der Waals surface area contributed by atoms with Crippen molar-refractivity contribution in [1.29, 1.82) is 0 Å². The second-order valence-electron chi connectivity index (χ2n) is 5.39. The molecular weight excluding hydrogens is 349 g/mol. The lowest BCUT2D eigenvalue weighted by Gasteiger charge is -2.08. The fourth-order valence-corrected chi connectivity index (χ4v) is 3.03. The second kappa shape index (κ2) is 8.31. The van der Waals surface area contributed by atoms with Gasteiger partial charge in [0.1, 0.15) is 5.82 Å². The molecule has 1 amide bonds. The van der Waals surface area contributed by atoms with E-state index in [4.69, 9.17) is 11.6 Å². The number of ketones is 1. The number of carbonyl (C=O) groups excluding carboxylic acids is 2. The van der Waals surface area contributed by atoms with Gasteiger partial charge in [-0.05, 0) is 61.4 Å². The minimum absolute atomic E-state index is 0.126. The third-order valence-electron chi connectivity index (χ3n) is 3.41. The normalized spacial score (nSPS) is 10.5. The van der Waals surface area contributed by atoms with E-state index in [-0.39, 0.29) is 29.0 Å². The summed E-state index contributed by atoms with van der Waals surface area (Å²) in [4.78, 5) is 24.0. The highest BCUT2D eigenvalue weighted by molar-refractivity contribution is 8.00. The number of anilines is 1. The Bertz CT molecular complexity index is 780. The maximum atomic E-state index is 13.2. The van der Waals surface area contributed by atoms with Gasteiger partial charge in [0, 0.05) is 16.3 Å². The van der Waals surface area contributed by atoms with Gasteiger partial charge in [0.25, 0.3) is 0 Å². The van der Waals surface area contributed by atoms with Crippen molar-refractivity contribution in [2.75, 3.05) is 16.8 Å². The van der Waals surface area contributed by atoms with Gasteiger partial charge in [-0.2, -0.15) is 0 Å². The number of nitrogens with one attached hydrogen (secondary N) is 1. The lowest BCUT2D eigenvalue weighted by Crippen LogP contribution is -2.16. The van der Waals surface area contributed by atoms with Gasteiger partial charge in [-0.1, -0.05) is 11.6 Å². The first-order valence-electron chi connectivity index (χ1n) is 7.30. The predicted molar refractivity (Wildman–Crippen MR) is 97.6 cm³/mol. The van der Waals surface area contributed by atoms with Crippen molar-refractivity contribution in [2.45, 2.75) is 13.8 Å². The molecule has 2 aromatic carbocycles. The van der Waals surface area contributed by atoms with Crippen molar-refractivity contribution in [3.63, 3.8) is 0 Å². The van der Waals surface area contributed by atoms with Gasteiger partial charge in [-0.25, -0.2) is 4.39 Å². The molecule has 2 rings (SSSR count). The van der Waals surface area contributed by atoms with Crippen molar-refractivity contribution >= 4 is 40.7 Å². The Hall–Kier alpha value is -1.85. The third kappa shape index (κ3) is 5.08. The van der Waals surface area contributed by atoms with E-state index >= 15 is 0 Å².